The second-order valence-corrected chi connectivity index (χ2v) is 4.66. The van der Waals surface area contributed by atoms with Gasteiger partial charge in [-0.15, -0.1) is 0 Å². The van der Waals surface area contributed by atoms with Gasteiger partial charge in [-0.3, -0.25) is 9.69 Å². The maximum Gasteiger partial charge on any atom is 0.197 e. The third-order valence-corrected chi connectivity index (χ3v) is 3.33. The molecule has 1 saturated heterocycles. The van der Waals surface area contributed by atoms with E-state index in [0.29, 0.717) is 36.3 Å². The molecular formula is C14H15NO4. The van der Waals surface area contributed by atoms with Crippen LogP contribution >= 0.6 is 0 Å². The van der Waals surface area contributed by atoms with Gasteiger partial charge in [-0.2, -0.15) is 0 Å². The minimum absolute atomic E-state index is 0.0345. The van der Waals surface area contributed by atoms with E-state index in [1.54, 1.807) is 6.07 Å². The van der Waals surface area contributed by atoms with Crippen molar-refractivity contribution in [2.75, 3.05) is 26.3 Å². The van der Waals surface area contributed by atoms with Gasteiger partial charge in [0.25, 0.3) is 0 Å². The van der Waals surface area contributed by atoms with E-state index in [9.17, 15) is 9.90 Å². The summed E-state index contributed by atoms with van der Waals surface area (Å²) in [6.45, 7) is 3.63. The van der Waals surface area contributed by atoms with Gasteiger partial charge < -0.3 is 14.3 Å². The molecule has 1 aromatic heterocycles. The molecule has 2 heterocycles. The Balaban J connectivity index is 1.93. The molecule has 1 aliphatic heterocycles. The maximum atomic E-state index is 12.3. The summed E-state index contributed by atoms with van der Waals surface area (Å²) in [5.74, 6) is 0.0941. The van der Waals surface area contributed by atoms with Gasteiger partial charge in [0, 0.05) is 31.3 Å². The molecule has 5 heteroatoms. The molecule has 5 nitrogen and oxygen atoms in total. The van der Waals surface area contributed by atoms with Gasteiger partial charge in [-0.25, -0.2) is 0 Å². The van der Waals surface area contributed by atoms with Gasteiger partial charge in [-0.1, -0.05) is 0 Å². The average molecular weight is 261 g/mol. The summed E-state index contributed by atoms with van der Waals surface area (Å²) in [5.41, 5.74) is 1.02. The lowest BCUT2D eigenvalue weighted by molar-refractivity contribution is 0.0338. The van der Waals surface area contributed by atoms with Crippen LogP contribution in [0.1, 0.15) is 5.56 Å². The number of phenolic OH excluding ortho intramolecular Hbond substituents is 1. The highest BCUT2D eigenvalue weighted by Gasteiger charge is 2.14. The molecule has 0 unspecified atom stereocenters. The van der Waals surface area contributed by atoms with E-state index >= 15 is 0 Å². The van der Waals surface area contributed by atoms with Gasteiger partial charge in [0.2, 0.25) is 0 Å². The number of morpholine rings is 1. The number of hydrogen-bond acceptors (Lipinski definition) is 5. The Hall–Kier alpha value is -1.85. The lowest BCUT2D eigenvalue weighted by atomic mass is 10.1. The van der Waals surface area contributed by atoms with Crippen LogP contribution in [0.25, 0.3) is 11.0 Å². The number of fused-ring (bicyclic) bond motifs is 1. The average Bonchev–Trinajstić information content (AvgIpc) is 2.43. The minimum atomic E-state index is -0.0345. The predicted molar refractivity (Wildman–Crippen MR) is 70.2 cm³/mol. The zero-order chi connectivity index (χ0) is 13.2. The Morgan fingerprint density at radius 2 is 2.05 bits per heavy atom. The fourth-order valence-corrected chi connectivity index (χ4v) is 2.27. The first-order valence-electron chi connectivity index (χ1n) is 6.27. The molecule has 1 fully saturated rings. The third-order valence-electron chi connectivity index (χ3n) is 3.33. The molecule has 0 bridgehead atoms. The van der Waals surface area contributed by atoms with Crippen molar-refractivity contribution in [3.63, 3.8) is 0 Å². The maximum absolute atomic E-state index is 12.3. The SMILES string of the molecule is O=c1c(CN2CCOCC2)coc2cc(O)ccc12. The van der Waals surface area contributed by atoms with Crippen LogP contribution in [0.4, 0.5) is 0 Å². The Bertz CT molecular complexity index is 643. The zero-order valence-corrected chi connectivity index (χ0v) is 10.5. The van der Waals surface area contributed by atoms with E-state index in [0.717, 1.165) is 13.1 Å². The van der Waals surface area contributed by atoms with E-state index in [2.05, 4.69) is 4.90 Å². The summed E-state index contributed by atoms with van der Waals surface area (Å²) < 4.78 is 10.7. The lowest BCUT2D eigenvalue weighted by Gasteiger charge is -2.26. The standard InChI is InChI=1S/C14H15NO4/c16-11-1-2-12-13(7-11)19-9-10(14(12)17)8-15-3-5-18-6-4-15/h1-2,7,9,16H,3-6,8H2. The summed E-state index contributed by atoms with van der Waals surface area (Å²) >= 11 is 0. The molecule has 0 saturated carbocycles. The second kappa shape index (κ2) is 5.03. The summed E-state index contributed by atoms with van der Waals surface area (Å²) in [6.07, 6.45) is 1.49. The zero-order valence-electron chi connectivity index (χ0n) is 10.5. The van der Waals surface area contributed by atoms with Crippen molar-refractivity contribution in [2.24, 2.45) is 0 Å². The molecular weight excluding hydrogens is 246 g/mol. The predicted octanol–water partition coefficient (Wildman–Crippen LogP) is 1.33. The van der Waals surface area contributed by atoms with Crippen molar-refractivity contribution in [1.29, 1.82) is 0 Å². The quantitative estimate of drug-likeness (QED) is 0.883. The topological polar surface area (TPSA) is 62.9 Å². The Morgan fingerprint density at radius 1 is 1.26 bits per heavy atom. The molecule has 0 aliphatic carbocycles. The number of benzene rings is 1. The van der Waals surface area contributed by atoms with Crippen LogP contribution in [-0.4, -0.2) is 36.3 Å². The molecule has 0 radical (unpaired) electrons. The van der Waals surface area contributed by atoms with Crippen LogP contribution in [0.5, 0.6) is 5.75 Å². The molecule has 19 heavy (non-hydrogen) atoms. The summed E-state index contributed by atoms with van der Waals surface area (Å²) in [5, 5.41) is 9.87. The first kappa shape index (κ1) is 12.2. The minimum Gasteiger partial charge on any atom is -0.508 e. The van der Waals surface area contributed by atoms with Crippen LogP contribution in [0.15, 0.2) is 33.7 Å². The normalized spacial score (nSPS) is 16.8. The number of hydrogen-bond donors (Lipinski definition) is 1. The van der Waals surface area contributed by atoms with Gasteiger partial charge in [0.1, 0.15) is 11.3 Å². The van der Waals surface area contributed by atoms with Crippen LogP contribution in [0.3, 0.4) is 0 Å². The summed E-state index contributed by atoms with van der Waals surface area (Å²) in [4.78, 5) is 14.5. The van der Waals surface area contributed by atoms with Crippen LogP contribution in [0, 0.1) is 0 Å². The number of nitrogens with zero attached hydrogens (tertiary/aromatic N) is 1. The molecule has 0 amide bonds. The molecule has 0 spiro atoms. The first-order valence-corrected chi connectivity index (χ1v) is 6.27. The van der Waals surface area contributed by atoms with E-state index in [1.165, 1.54) is 18.4 Å². The van der Waals surface area contributed by atoms with E-state index in [4.69, 9.17) is 9.15 Å². The molecule has 1 aromatic carbocycles. The second-order valence-electron chi connectivity index (χ2n) is 4.66. The largest absolute Gasteiger partial charge is 0.508 e. The monoisotopic (exact) mass is 261 g/mol. The van der Waals surface area contributed by atoms with Gasteiger partial charge in [-0.05, 0) is 12.1 Å². The fraction of sp³-hybridized carbons (Fsp3) is 0.357. The van der Waals surface area contributed by atoms with Crippen molar-refractivity contribution >= 4 is 11.0 Å². The Kier molecular flexibility index (Phi) is 3.23. The van der Waals surface area contributed by atoms with Crippen molar-refractivity contribution in [3.8, 4) is 5.75 Å². The van der Waals surface area contributed by atoms with Crippen molar-refractivity contribution in [1.82, 2.24) is 4.90 Å². The van der Waals surface area contributed by atoms with E-state index < -0.39 is 0 Å². The summed E-state index contributed by atoms with van der Waals surface area (Å²) in [7, 11) is 0. The molecule has 3 rings (SSSR count). The van der Waals surface area contributed by atoms with Gasteiger partial charge in [0.05, 0.1) is 24.9 Å². The fourth-order valence-electron chi connectivity index (χ4n) is 2.27. The van der Waals surface area contributed by atoms with Crippen molar-refractivity contribution in [2.45, 2.75) is 6.54 Å². The van der Waals surface area contributed by atoms with Crippen LogP contribution < -0.4 is 5.43 Å². The molecule has 100 valence electrons. The van der Waals surface area contributed by atoms with Crippen molar-refractivity contribution < 1.29 is 14.3 Å². The van der Waals surface area contributed by atoms with Crippen LogP contribution in [0.2, 0.25) is 0 Å². The molecule has 1 N–H and O–H groups in total. The molecule has 1 aliphatic rings. The van der Waals surface area contributed by atoms with Crippen molar-refractivity contribution in [3.05, 3.63) is 40.2 Å². The summed E-state index contributed by atoms with van der Waals surface area (Å²) in [6, 6.07) is 4.55. The highest BCUT2D eigenvalue weighted by Crippen LogP contribution is 2.18. The molecule has 2 aromatic rings. The van der Waals surface area contributed by atoms with Crippen LogP contribution in [-0.2, 0) is 11.3 Å². The Morgan fingerprint density at radius 3 is 2.84 bits per heavy atom. The number of rotatable bonds is 2. The number of phenols is 1. The third kappa shape index (κ3) is 2.47. The first-order chi connectivity index (χ1) is 9.24. The lowest BCUT2D eigenvalue weighted by Crippen LogP contribution is -2.36. The van der Waals surface area contributed by atoms with Gasteiger partial charge in [0.15, 0.2) is 5.43 Å². The van der Waals surface area contributed by atoms with E-state index in [1.807, 2.05) is 0 Å². The van der Waals surface area contributed by atoms with Gasteiger partial charge >= 0.3 is 0 Å². The number of ether oxygens (including phenoxy) is 1. The Labute approximate surface area is 110 Å². The molecule has 0 atom stereocenters. The van der Waals surface area contributed by atoms with E-state index in [-0.39, 0.29) is 11.2 Å². The smallest absolute Gasteiger partial charge is 0.197 e. The highest BCUT2D eigenvalue weighted by atomic mass is 16.5. The highest BCUT2D eigenvalue weighted by molar-refractivity contribution is 5.78. The number of aromatic hydroxyl groups is 1.